The van der Waals surface area contributed by atoms with E-state index in [-0.39, 0.29) is 0 Å². The molecular weight excluding hydrogens is 338 g/mol. The first-order valence-corrected chi connectivity index (χ1v) is 8.42. The maximum atomic E-state index is 5.25. The molecule has 0 unspecified atom stereocenters. The van der Waals surface area contributed by atoms with Gasteiger partial charge in [0, 0.05) is 5.56 Å². The Hall–Kier alpha value is -3.07. The lowest BCUT2D eigenvalue weighted by atomic mass is 10.1. The van der Waals surface area contributed by atoms with E-state index in [1.807, 2.05) is 37.4 Å². The third kappa shape index (κ3) is 3.26. The van der Waals surface area contributed by atoms with Gasteiger partial charge in [0.15, 0.2) is 0 Å². The molecule has 3 heterocycles. The molecule has 0 saturated carbocycles. The molecule has 0 aliphatic rings. The fraction of sp³-hybridized carbons (Fsp3) is 0.188. The topological polar surface area (TPSA) is 90.1 Å². The van der Waals surface area contributed by atoms with Gasteiger partial charge in [0.1, 0.15) is 10.8 Å². The van der Waals surface area contributed by atoms with Gasteiger partial charge in [-0.1, -0.05) is 23.5 Å². The van der Waals surface area contributed by atoms with E-state index in [0.717, 1.165) is 32.7 Å². The summed E-state index contributed by atoms with van der Waals surface area (Å²) in [5.41, 5.74) is 2.51. The second-order valence-corrected chi connectivity index (χ2v) is 6.49. The molecule has 4 aromatic rings. The van der Waals surface area contributed by atoms with Crippen LogP contribution < -0.4 is 10.1 Å². The van der Waals surface area contributed by atoms with Crippen molar-refractivity contribution in [3.05, 3.63) is 47.4 Å². The Balaban J connectivity index is 1.51. The number of hydrogen-bond acceptors (Lipinski definition) is 8. The Morgan fingerprint density at radius 1 is 1.28 bits per heavy atom. The molecule has 25 heavy (non-hydrogen) atoms. The lowest BCUT2D eigenvalue weighted by molar-refractivity contribution is 0.415. The number of aromatic nitrogens is 6. The van der Waals surface area contributed by atoms with E-state index in [1.165, 1.54) is 0 Å². The minimum Gasteiger partial charge on any atom is -0.497 e. The highest BCUT2D eigenvalue weighted by Crippen LogP contribution is 2.22. The van der Waals surface area contributed by atoms with E-state index in [4.69, 9.17) is 4.74 Å². The molecule has 3 aromatic heterocycles. The standard InChI is InChI=1S/C16H15N7OS/c1-10-22-23-9-12(19-16(23)25-10)7-17-15-20-14(8-18-21-15)11-4-3-5-13(6-11)24-2/h3-6,8-9H,7H2,1-2H3,(H,17,20,21). The second-order valence-electron chi connectivity index (χ2n) is 5.33. The number of anilines is 1. The molecule has 0 radical (unpaired) electrons. The van der Waals surface area contributed by atoms with E-state index in [9.17, 15) is 0 Å². The normalized spacial score (nSPS) is 11.0. The summed E-state index contributed by atoms with van der Waals surface area (Å²) in [6.07, 6.45) is 3.52. The Morgan fingerprint density at radius 3 is 3.04 bits per heavy atom. The molecule has 0 saturated heterocycles. The van der Waals surface area contributed by atoms with Crippen LogP contribution in [-0.4, -0.2) is 36.9 Å². The van der Waals surface area contributed by atoms with Gasteiger partial charge in [-0.2, -0.15) is 10.2 Å². The number of ether oxygens (including phenoxy) is 1. The van der Waals surface area contributed by atoms with Crippen LogP contribution in [-0.2, 0) is 6.54 Å². The molecule has 1 aromatic carbocycles. The van der Waals surface area contributed by atoms with Crippen LogP contribution in [0.15, 0.2) is 36.7 Å². The van der Waals surface area contributed by atoms with Gasteiger partial charge in [-0.05, 0) is 19.1 Å². The number of methoxy groups -OCH3 is 1. The summed E-state index contributed by atoms with van der Waals surface area (Å²) in [6, 6.07) is 7.66. The van der Waals surface area contributed by atoms with Crippen LogP contribution in [0.2, 0.25) is 0 Å². The Morgan fingerprint density at radius 2 is 2.20 bits per heavy atom. The highest BCUT2D eigenvalue weighted by molar-refractivity contribution is 7.16. The molecule has 1 N–H and O–H groups in total. The third-order valence-electron chi connectivity index (χ3n) is 3.55. The average Bonchev–Trinajstić information content (AvgIpc) is 3.17. The Bertz CT molecular complexity index is 995. The molecule has 0 amide bonds. The van der Waals surface area contributed by atoms with Gasteiger partial charge in [0.2, 0.25) is 10.9 Å². The van der Waals surface area contributed by atoms with Gasteiger partial charge in [-0.3, -0.25) is 0 Å². The predicted molar refractivity (Wildman–Crippen MR) is 94.7 cm³/mol. The van der Waals surface area contributed by atoms with Crippen LogP contribution in [0.3, 0.4) is 0 Å². The molecule has 9 heteroatoms. The van der Waals surface area contributed by atoms with Gasteiger partial charge in [0.25, 0.3) is 0 Å². The second kappa shape index (κ2) is 6.44. The van der Waals surface area contributed by atoms with Crippen molar-refractivity contribution in [2.45, 2.75) is 13.5 Å². The van der Waals surface area contributed by atoms with Crippen molar-refractivity contribution >= 4 is 22.2 Å². The molecule has 0 bridgehead atoms. The summed E-state index contributed by atoms with van der Waals surface area (Å²) < 4.78 is 7.03. The number of hydrogen-bond donors (Lipinski definition) is 1. The zero-order valence-electron chi connectivity index (χ0n) is 13.7. The highest BCUT2D eigenvalue weighted by Gasteiger charge is 2.08. The van der Waals surface area contributed by atoms with Crippen LogP contribution in [0.4, 0.5) is 5.95 Å². The van der Waals surface area contributed by atoms with E-state index in [0.29, 0.717) is 12.5 Å². The van der Waals surface area contributed by atoms with E-state index in [2.05, 4.69) is 30.6 Å². The highest BCUT2D eigenvalue weighted by atomic mass is 32.1. The van der Waals surface area contributed by atoms with Crippen molar-refractivity contribution in [3.63, 3.8) is 0 Å². The first-order chi connectivity index (χ1) is 12.2. The molecule has 4 rings (SSSR count). The SMILES string of the molecule is COc1cccc(-c2cnnc(NCc3cn4nc(C)sc4n3)n2)c1. The monoisotopic (exact) mass is 353 g/mol. The van der Waals surface area contributed by atoms with Crippen LogP contribution in [0.1, 0.15) is 10.7 Å². The average molecular weight is 353 g/mol. The number of nitrogens with one attached hydrogen (secondary N) is 1. The largest absolute Gasteiger partial charge is 0.497 e. The predicted octanol–water partition coefficient (Wildman–Crippen LogP) is 2.57. The lowest BCUT2D eigenvalue weighted by Gasteiger charge is -2.06. The minimum atomic E-state index is 0.445. The number of imidazole rings is 1. The number of aryl methyl sites for hydroxylation is 1. The van der Waals surface area contributed by atoms with Gasteiger partial charge in [0.05, 0.1) is 37.4 Å². The van der Waals surface area contributed by atoms with Crippen molar-refractivity contribution < 1.29 is 4.74 Å². The third-order valence-corrected chi connectivity index (χ3v) is 4.38. The smallest absolute Gasteiger partial charge is 0.243 e. The summed E-state index contributed by atoms with van der Waals surface area (Å²) >= 11 is 1.56. The summed E-state index contributed by atoms with van der Waals surface area (Å²) in [5, 5.41) is 16.5. The zero-order valence-corrected chi connectivity index (χ0v) is 14.5. The molecule has 0 aliphatic carbocycles. The molecule has 8 nitrogen and oxygen atoms in total. The number of rotatable bonds is 5. The van der Waals surface area contributed by atoms with Crippen LogP contribution in [0.25, 0.3) is 16.2 Å². The molecule has 0 aliphatic heterocycles. The zero-order chi connectivity index (χ0) is 17.2. The van der Waals surface area contributed by atoms with Crippen LogP contribution in [0.5, 0.6) is 5.75 Å². The summed E-state index contributed by atoms with van der Waals surface area (Å²) in [6.45, 7) is 2.46. The van der Waals surface area contributed by atoms with Crippen molar-refractivity contribution in [1.82, 2.24) is 29.8 Å². The summed E-state index contributed by atoms with van der Waals surface area (Å²) in [5.74, 6) is 1.22. The Kier molecular flexibility index (Phi) is 3.98. The molecule has 0 fully saturated rings. The van der Waals surface area contributed by atoms with Crippen molar-refractivity contribution in [3.8, 4) is 17.0 Å². The fourth-order valence-electron chi connectivity index (χ4n) is 2.40. The lowest BCUT2D eigenvalue weighted by Crippen LogP contribution is -2.05. The van der Waals surface area contributed by atoms with Gasteiger partial charge >= 0.3 is 0 Å². The van der Waals surface area contributed by atoms with Crippen molar-refractivity contribution in [2.24, 2.45) is 0 Å². The van der Waals surface area contributed by atoms with Crippen LogP contribution >= 0.6 is 11.3 Å². The Labute approximate surface area is 147 Å². The molecule has 0 spiro atoms. The molecule has 0 atom stereocenters. The van der Waals surface area contributed by atoms with E-state index >= 15 is 0 Å². The fourth-order valence-corrected chi connectivity index (χ4v) is 3.14. The van der Waals surface area contributed by atoms with Crippen molar-refractivity contribution in [1.29, 1.82) is 0 Å². The van der Waals surface area contributed by atoms with Crippen molar-refractivity contribution in [2.75, 3.05) is 12.4 Å². The number of nitrogens with zero attached hydrogens (tertiary/aromatic N) is 6. The minimum absolute atomic E-state index is 0.445. The summed E-state index contributed by atoms with van der Waals surface area (Å²) in [4.78, 5) is 9.89. The molecular formula is C16H15N7OS. The maximum Gasteiger partial charge on any atom is 0.243 e. The number of fused-ring (bicyclic) bond motifs is 1. The maximum absolute atomic E-state index is 5.25. The first kappa shape index (κ1) is 15.5. The van der Waals surface area contributed by atoms with Gasteiger partial charge < -0.3 is 10.1 Å². The summed E-state index contributed by atoms with van der Waals surface area (Å²) in [7, 11) is 1.64. The number of benzene rings is 1. The van der Waals surface area contributed by atoms with E-state index < -0.39 is 0 Å². The van der Waals surface area contributed by atoms with Gasteiger partial charge in [-0.25, -0.2) is 14.5 Å². The molecule has 126 valence electrons. The van der Waals surface area contributed by atoms with E-state index in [1.54, 1.807) is 29.2 Å². The van der Waals surface area contributed by atoms with Crippen LogP contribution in [0, 0.1) is 6.92 Å². The van der Waals surface area contributed by atoms with Gasteiger partial charge in [-0.15, -0.1) is 5.10 Å². The first-order valence-electron chi connectivity index (χ1n) is 7.61. The quantitative estimate of drug-likeness (QED) is 0.590.